The lowest BCUT2D eigenvalue weighted by molar-refractivity contribution is -0.0691. The molecule has 0 bridgehead atoms. The Labute approximate surface area is 280 Å². The molecule has 0 amide bonds. The van der Waals surface area contributed by atoms with Crippen molar-refractivity contribution in [2.75, 3.05) is 43.1 Å². The second-order valence-electron chi connectivity index (χ2n) is 12.8. The van der Waals surface area contributed by atoms with E-state index in [0.29, 0.717) is 45.7 Å². The van der Waals surface area contributed by atoms with Gasteiger partial charge in [0.2, 0.25) is 0 Å². The summed E-state index contributed by atoms with van der Waals surface area (Å²) >= 11 is 1.52. The number of pyridine rings is 3. The first kappa shape index (κ1) is 30.6. The molecule has 5 aromatic rings. The molecule has 246 valence electrons. The molecule has 1 unspecified atom stereocenters. The molecule has 7 heterocycles. The Morgan fingerprint density at radius 2 is 1.90 bits per heavy atom. The maximum absolute atomic E-state index is 13.7. The number of ether oxygens (including phenoxy) is 1. The van der Waals surface area contributed by atoms with Gasteiger partial charge in [-0.05, 0) is 68.0 Å². The molecule has 0 saturated carbocycles. The first-order valence-electron chi connectivity index (χ1n) is 16.4. The fourth-order valence-electron chi connectivity index (χ4n) is 7.15. The van der Waals surface area contributed by atoms with Gasteiger partial charge >= 0.3 is 0 Å². The minimum atomic E-state index is -0.291. The number of nitrogens with zero attached hydrogens (tertiary/aromatic N) is 7. The van der Waals surface area contributed by atoms with Gasteiger partial charge < -0.3 is 19.5 Å². The fourth-order valence-corrected chi connectivity index (χ4v) is 8.44. The number of thiophene rings is 1. The number of hydrogen-bond donors (Lipinski definition) is 1. The summed E-state index contributed by atoms with van der Waals surface area (Å²) in [5.41, 5.74) is 3.35. The third-order valence-electron chi connectivity index (χ3n) is 9.82. The number of nitrogens with one attached hydrogen (secondary N) is 1. The Bertz CT molecular complexity index is 2150. The summed E-state index contributed by atoms with van der Waals surface area (Å²) in [5.74, 6) is 0.678. The van der Waals surface area contributed by atoms with Gasteiger partial charge in [0.05, 0.1) is 42.9 Å². The van der Waals surface area contributed by atoms with E-state index in [2.05, 4.69) is 37.1 Å². The Morgan fingerprint density at radius 1 is 1.04 bits per heavy atom. The molecule has 1 aliphatic carbocycles. The van der Waals surface area contributed by atoms with Crippen molar-refractivity contribution in [3.63, 3.8) is 0 Å². The minimum absolute atomic E-state index is 0.150. The van der Waals surface area contributed by atoms with Crippen molar-refractivity contribution >= 4 is 44.9 Å². The zero-order valence-corrected chi connectivity index (χ0v) is 27.7. The van der Waals surface area contributed by atoms with Crippen molar-refractivity contribution < 1.29 is 9.53 Å². The average molecular weight is 665 g/mol. The fraction of sp³-hybridized carbons (Fsp3) is 0.371. The van der Waals surface area contributed by atoms with Crippen LogP contribution < -0.4 is 21.3 Å². The van der Waals surface area contributed by atoms with E-state index in [9.17, 15) is 14.4 Å². The molecule has 0 radical (unpaired) electrons. The summed E-state index contributed by atoms with van der Waals surface area (Å²) in [6, 6.07) is 8.16. The first-order valence-corrected chi connectivity index (χ1v) is 17.2. The third-order valence-corrected chi connectivity index (χ3v) is 11.1. The van der Waals surface area contributed by atoms with Crippen LogP contribution in [-0.2, 0) is 24.6 Å². The quantitative estimate of drug-likeness (QED) is 0.256. The standard InChI is InChI=1S/C35H36N8O4S/c1-21-16-41(24-19-47-20-24)11-12-42(21)23-7-8-31(37-14-23)39-29-13-22(17-40(2)34(29)45)25-9-10-36-33(28(25)18-44)43-35(46)32-27(15-38-43)26-5-3-4-6-30(26)48-32/h7-10,13-15,17-18,21,24H,3-6,11-12,16,19-20H2,1-2H3,(H,37,39). The predicted octanol–water partition coefficient (Wildman–Crippen LogP) is 3.95. The van der Waals surface area contributed by atoms with Gasteiger partial charge in [0.15, 0.2) is 12.1 Å². The smallest absolute Gasteiger partial charge is 0.290 e. The molecule has 12 nitrogen and oxygen atoms in total. The van der Waals surface area contributed by atoms with Crippen LogP contribution in [0.4, 0.5) is 17.2 Å². The van der Waals surface area contributed by atoms with Crippen molar-refractivity contribution in [3.05, 3.63) is 85.8 Å². The van der Waals surface area contributed by atoms with E-state index in [1.165, 1.54) is 31.0 Å². The number of piperazine rings is 1. The third kappa shape index (κ3) is 5.31. The van der Waals surface area contributed by atoms with Crippen LogP contribution in [0, 0.1) is 0 Å². The largest absolute Gasteiger partial charge is 0.378 e. The number of aldehydes is 1. The highest BCUT2D eigenvalue weighted by molar-refractivity contribution is 7.19. The molecule has 1 N–H and O–H groups in total. The molecule has 13 heteroatoms. The lowest BCUT2D eigenvalue weighted by atomic mass is 9.97. The Balaban J connectivity index is 1.08. The summed E-state index contributed by atoms with van der Waals surface area (Å²) < 4.78 is 8.69. The topological polar surface area (TPSA) is 127 Å². The first-order chi connectivity index (χ1) is 23.4. The van der Waals surface area contributed by atoms with Gasteiger partial charge in [-0.2, -0.15) is 9.78 Å². The molecule has 5 aromatic heterocycles. The number of carbonyl (C=O) groups is 1. The molecule has 2 saturated heterocycles. The SMILES string of the molecule is CC1CN(C2COC2)CCN1c1ccc(Nc2cc(-c3ccnc(-n4ncc5c6c(sc5c4=O)CCCC6)c3C=O)cn(C)c2=O)nc1. The Morgan fingerprint density at radius 3 is 2.65 bits per heavy atom. The van der Waals surface area contributed by atoms with Crippen LogP contribution in [0.3, 0.4) is 0 Å². The summed E-state index contributed by atoms with van der Waals surface area (Å²) in [6.45, 7) is 6.73. The van der Waals surface area contributed by atoms with Gasteiger partial charge in [0.1, 0.15) is 16.2 Å². The number of fused-ring (bicyclic) bond motifs is 3. The van der Waals surface area contributed by atoms with Crippen LogP contribution in [0.2, 0.25) is 0 Å². The van der Waals surface area contributed by atoms with E-state index in [-0.39, 0.29) is 22.5 Å². The highest BCUT2D eigenvalue weighted by Gasteiger charge is 2.32. The lowest BCUT2D eigenvalue weighted by Crippen LogP contribution is -2.59. The number of rotatable bonds is 7. The van der Waals surface area contributed by atoms with Crippen molar-refractivity contribution in [1.29, 1.82) is 0 Å². The van der Waals surface area contributed by atoms with Gasteiger partial charge in [-0.3, -0.25) is 19.3 Å². The summed E-state index contributed by atoms with van der Waals surface area (Å²) in [4.78, 5) is 54.7. The molecule has 3 aliphatic rings. The van der Waals surface area contributed by atoms with Crippen LogP contribution in [0.5, 0.6) is 0 Å². The van der Waals surface area contributed by atoms with Gasteiger partial charge in [-0.1, -0.05) is 0 Å². The minimum Gasteiger partial charge on any atom is -0.378 e. The van der Waals surface area contributed by atoms with Gasteiger partial charge in [-0.25, -0.2) is 9.97 Å². The number of carbonyl (C=O) groups excluding carboxylic acids is 1. The van der Waals surface area contributed by atoms with Gasteiger partial charge in [0.25, 0.3) is 11.1 Å². The Kier molecular flexibility index (Phi) is 7.89. The van der Waals surface area contributed by atoms with Crippen LogP contribution >= 0.6 is 11.3 Å². The lowest BCUT2D eigenvalue weighted by Gasteiger charge is -2.46. The zero-order valence-electron chi connectivity index (χ0n) is 26.9. The highest BCUT2D eigenvalue weighted by atomic mass is 32.1. The number of aryl methyl sites for hydroxylation is 3. The van der Waals surface area contributed by atoms with E-state index in [0.717, 1.165) is 69.6 Å². The monoisotopic (exact) mass is 664 g/mol. The van der Waals surface area contributed by atoms with Crippen LogP contribution in [0.25, 0.3) is 27.0 Å². The number of anilines is 3. The van der Waals surface area contributed by atoms with E-state index in [1.54, 1.807) is 37.8 Å². The molecule has 2 aliphatic heterocycles. The van der Waals surface area contributed by atoms with Gasteiger partial charge in [0, 0.05) is 60.9 Å². The van der Waals surface area contributed by atoms with E-state index in [4.69, 9.17) is 4.74 Å². The van der Waals surface area contributed by atoms with E-state index >= 15 is 0 Å². The molecule has 2 fully saturated rings. The van der Waals surface area contributed by atoms with Crippen molar-refractivity contribution in [2.24, 2.45) is 7.05 Å². The number of hydrogen-bond acceptors (Lipinski definition) is 11. The maximum atomic E-state index is 13.7. The molecule has 8 rings (SSSR count). The molecule has 0 spiro atoms. The van der Waals surface area contributed by atoms with Crippen LogP contribution in [0.15, 0.2) is 58.6 Å². The zero-order chi connectivity index (χ0) is 32.9. The molecular formula is C35H36N8O4S. The van der Waals surface area contributed by atoms with E-state index in [1.807, 2.05) is 18.3 Å². The molecular weight excluding hydrogens is 629 g/mol. The Hall–Kier alpha value is -4.72. The van der Waals surface area contributed by atoms with Crippen LogP contribution in [-0.4, -0.2) is 80.4 Å². The maximum Gasteiger partial charge on any atom is 0.290 e. The summed E-state index contributed by atoms with van der Waals surface area (Å²) in [6.07, 6.45) is 11.6. The normalized spacial score (nSPS) is 18.5. The molecule has 0 aromatic carbocycles. The second-order valence-corrected chi connectivity index (χ2v) is 13.9. The average Bonchev–Trinajstić information content (AvgIpc) is 3.46. The highest BCUT2D eigenvalue weighted by Crippen LogP contribution is 2.35. The van der Waals surface area contributed by atoms with Crippen LogP contribution in [0.1, 0.15) is 40.6 Å². The molecule has 48 heavy (non-hydrogen) atoms. The number of aromatic nitrogens is 5. The predicted molar refractivity (Wildman–Crippen MR) is 186 cm³/mol. The molecule has 1 atom stereocenters. The summed E-state index contributed by atoms with van der Waals surface area (Å²) in [5, 5.41) is 8.55. The van der Waals surface area contributed by atoms with E-state index < -0.39 is 0 Å². The summed E-state index contributed by atoms with van der Waals surface area (Å²) in [7, 11) is 1.66. The van der Waals surface area contributed by atoms with Crippen molar-refractivity contribution in [2.45, 2.75) is 44.7 Å². The van der Waals surface area contributed by atoms with Crippen molar-refractivity contribution in [3.8, 4) is 16.9 Å². The van der Waals surface area contributed by atoms with Crippen molar-refractivity contribution in [1.82, 2.24) is 29.2 Å². The van der Waals surface area contributed by atoms with Gasteiger partial charge in [-0.15, -0.1) is 11.3 Å². The second kappa shape index (κ2) is 12.4.